The van der Waals surface area contributed by atoms with Crippen LogP contribution >= 0.6 is 23.2 Å². The molecule has 1 aromatic heterocycles. The molecule has 1 N–H and O–H groups in total. The second-order valence-electron chi connectivity index (χ2n) is 5.14. The van der Waals surface area contributed by atoms with Crippen molar-refractivity contribution in [3.63, 3.8) is 0 Å². The second-order valence-corrected chi connectivity index (χ2v) is 5.98. The lowest BCUT2D eigenvalue weighted by Crippen LogP contribution is -2.27. The van der Waals surface area contributed by atoms with Crippen LogP contribution in [-0.4, -0.2) is 11.5 Å². The van der Waals surface area contributed by atoms with Crippen LogP contribution in [0, 0.1) is 0 Å². The Labute approximate surface area is 136 Å². The smallest absolute Gasteiger partial charge is 0.0455 e. The zero-order valence-corrected chi connectivity index (χ0v) is 13.8. The van der Waals surface area contributed by atoms with Gasteiger partial charge in [-0.25, -0.2) is 0 Å². The van der Waals surface area contributed by atoms with Crippen molar-refractivity contribution in [3.05, 3.63) is 63.9 Å². The highest BCUT2D eigenvalue weighted by Crippen LogP contribution is 2.35. The van der Waals surface area contributed by atoms with E-state index in [1.54, 1.807) is 0 Å². The summed E-state index contributed by atoms with van der Waals surface area (Å²) in [6.45, 7) is 5.23. The molecule has 112 valence electrons. The first-order valence-electron chi connectivity index (χ1n) is 7.22. The maximum atomic E-state index is 6.38. The van der Waals surface area contributed by atoms with Gasteiger partial charge >= 0.3 is 0 Å². The predicted octanol–water partition coefficient (Wildman–Crippen LogP) is 5.23. The number of halogens is 2. The van der Waals surface area contributed by atoms with Crippen molar-refractivity contribution in [2.45, 2.75) is 32.2 Å². The Balaban J connectivity index is 2.36. The Hall–Kier alpha value is -1.09. The Morgan fingerprint density at radius 2 is 2.00 bits per heavy atom. The van der Waals surface area contributed by atoms with Gasteiger partial charge in [0.15, 0.2) is 0 Å². The van der Waals surface area contributed by atoms with Crippen LogP contribution in [0.2, 0.25) is 10.0 Å². The number of hydrogen-bond donors (Lipinski definition) is 1. The highest BCUT2D eigenvalue weighted by atomic mass is 35.5. The maximum Gasteiger partial charge on any atom is 0.0455 e. The van der Waals surface area contributed by atoms with Crippen LogP contribution in [0.1, 0.15) is 43.5 Å². The number of hydrogen-bond acceptors (Lipinski definition) is 2. The SMILES string of the molecule is CCCNC(c1cc(Cl)ccc1Cl)C(C)c1ccccn1. The summed E-state index contributed by atoms with van der Waals surface area (Å²) in [7, 11) is 0. The van der Waals surface area contributed by atoms with Gasteiger partial charge in [-0.3, -0.25) is 4.98 Å². The van der Waals surface area contributed by atoms with Gasteiger partial charge in [0.25, 0.3) is 0 Å². The predicted molar refractivity (Wildman–Crippen MR) is 90.1 cm³/mol. The van der Waals surface area contributed by atoms with Gasteiger partial charge in [-0.2, -0.15) is 0 Å². The van der Waals surface area contributed by atoms with Gasteiger partial charge in [0, 0.05) is 33.9 Å². The molecule has 0 aliphatic rings. The van der Waals surface area contributed by atoms with E-state index in [9.17, 15) is 0 Å². The summed E-state index contributed by atoms with van der Waals surface area (Å²) in [6, 6.07) is 11.7. The van der Waals surface area contributed by atoms with Crippen molar-refractivity contribution in [1.82, 2.24) is 10.3 Å². The molecule has 0 aliphatic carbocycles. The minimum absolute atomic E-state index is 0.0889. The zero-order chi connectivity index (χ0) is 15.2. The molecule has 0 aliphatic heterocycles. The van der Waals surface area contributed by atoms with E-state index < -0.39 is 0 Å². The Bertz CT molecular complexity index is 572. The largest absolute Gasteiger partial charge is 0.309 e. The molecular formula is C17H20Cl2N2. The molecule has 2 nitrogen and oxygen atoms in total. The van der Waals surface area contributed by atoms with Gasteiger partial charge in [-0.15, -0.1) is 0 Å². The third kappa shape index (κ3) is 4.19. The molecule has 0 saturated carbocycles. The molecule has 21 heavy (non-hydrogen) atoms. The number of aromatic nitrogens is 1. The van der Waals surface area contributed by atoms with Crippen molar-refractivity contribution in [1.29, 1.82) is 0 Å². The Kier molecular flexibility index (Phi) is 6.04. The van der Waals surface area contributed by atoms with Gasteiger partial charge in [-0.05, 0) is 48.9 Å². The molecule has 4 heteroatoms. The van der Waals surface area contributed by atoms with Crippen LogP contribution in [0.15, 0.2) is 42.6 Å². The van der Waals surface area contributed by atoms with E-state index in [0.29, 0.717) is 5.02 Å². The third-order valence-electron chi connectivity index (χ3n) is 3.56. The van der Waals surface area contributed by atoms with E-state index in [1.165, 1.54) is 0 Å². The number of pyridine rings is 1. The lowest BCUT2D eigenvalue weighted by atomic mass is 9.91. The summed E-state index contributed by atoms with van der Waals surface area (Å²) >= 11 is 12.5. The van der Waals surface area contributed by atoms with E-state index in [4.69, 9.17) is 23.2 Å². The summed E-state index contributed by atoms with van der Waals surface area (Å²) in [5, 5.41) is 5.00. The number of nitrogens with one attached hydrogen (secondary N) is 1. The minimum Gasteiger partial charge on any atom is -0.309 e. The second kappa shape index (κ2) is 7.79. The van der Waals surface area contributed by atoms with Crippen LogP contribution in [0.4, 0.5) is 0 Å². The summed E-state index contributed by atoms with van der Waals surface area (Å²) in [6.07, 6.45) is 2.88. The third-order valence-corrected chi connectivity index (χ3v) is 4.14. The zero-order valence-electron chi connectivity index (χ0n) is 12.3. The average Bonchev–Trinajstić information content (AvgIpc) is 2.51. The van der Waals surface area contributed by atoms with Crippen LogP contribution in [-0.2, 0) is 0 Å². The van der Waals surface area contributed by atoms with E-state index in [1.807, 2.05) is 42.6 Å². The van der Waals surface area contributed by atoms with Crippen molar-refractivity contribution < 1.29 is 0 Å². The van der Waals surface area contributed by atoms with Gasteiger partial charge in [0.05, 0.1) is 0 Å². The fraction of sp³-hybridized carbons (Fsp3) is 0.353. The van der Waals surface area contributed by atoms with Crippen LogP contribution in [0.5, 0.6) is 0 Å². The lowest BCUT2D eigenvalue weighted by molar-refractivity contribution is 0.460. The van der Waals surface area contributed by atoms with Crippen molar-refractivity contribution in [2.75, 3.05) is 6.54 Å². The molecule has 0 fully saturated rings. The fourth-order valence-corrected chi connectivity index (χ4v) is 2.84. The van der Waals surface area contributed by atoms with Gasteiger partial charge < -0.3 is 5.32 Å². The Morgan fingerprint density at radius 1 is 1.19 bits per heavy atom. The molecule has 2 atom stereocenters. The van der Waals surface area contributed by atoms with Crippen LogP contribution in [0.25, 0.3) is 0 Å². The van der Waals surface area contributed by atoms with E-state index in [0.717, 1.165) is 29.2 Å². The molecular weight excluding hydrogens is 303 g/mol. The number of rotatable bonds is 6. The van der Waals surface area contributed by atoms with Crippen molar-refractivity contribution in [2.24, 2.45) is 0 Å². The monoisotopic (exact) mass is 322 g/mol. The van der Waals surface area contributed by atoms with E-state index >= 15 is 0 Å². The topological polar surface area (TPSA) is 24.9 Å². The molecule has 0 radical (unpaired) electrons. The first-order chi connectivity index (χ1) is 10.1. The molecule has 2 aromatic rings. The van der Waals surface area contributed by atoms with Crippen molar-refractivity contribution in [3.8, 4) is 0 Å². The summed E-state index contributed by atoms with van der Waals surface area (Å²) < 4.78 is 0. The summed E-state index contributed by atoms with van der Waals surface area (Å²) in [5.41, 5.74) is 2.07. The number of nitrogens with zero attached hydrogens (tertiary/aromatic N) is 1. The van der Waals surface area contributed by atoms with Crippen LogP contribution < -0.4 is 5.32 Å². The summed E-state index contributed by atoms with van der Waals surface area (Å²) in [4.78, 5) is 4.47. The molecule has 1 heterocycles. The molecule has 2 rings (SSSR count). The standard InChI is InChI=1S/C17H20Cl2N2/c1-3-9-21-17(12(2)16-6-4-5-10-20-16)14-11-13(18)7-8-15(14)19/h4-8,10-12,17,21H,3,9H2,1-2H3. The highest BCUT2D eigenvalue weighted by molar-refractivity contribution is 6.33. The normalized spacial score (nSPS) is 13.9. The Morgan fingerprint density at radius 3 is 2.67 bits per heavy atom. The molecule has 0 bridgehead atoms. The minimum atomic E-state index is 0.0889. The first-order valence-corrected chi connectivity index (χ1v) is 7.98. The average molecular weight is 323 g/mol. The number of benzene rings is 1. The van der Waals surface area contributed by atoms with E-state index in [-0.39, 0.29) is 12.0 Å². The van der Waals surface area contributed by atoms with Gasteiger partial charge in [-0.1, -0.05) is 43.1 Å². The molecule has 0 saturated heterocycles. The van der Waals surface area contributed by atoms with Gasteiger partial charge in [0.1, 0.15) is 0 Å². The molecule has 0 amide bonds. The van der Waals surface area contributed by atoms with Crippen LogP contribution in [0.3, 0.4) is 0 Å². The molecule has 2 unspecified atom stereocenters. The summed E-state index contributed by atoms with van der Waals surface area (Å²) in [5.74, 6) is 0.203. The van der Waals surface area contributed by atoms with Crippen molar-refractivity contribution >= 4 is 23.2 Å². The highest BCUT2D eigenvalue weighted by Gasteiger charge is 2.23. The maximum absolute atomic E-state index is 6.38. The molecule has 0 spiro atoms. The fourth-order valence-electron chi connectivity index (χ4n) is 2.42. The first kappa shape index (κ1) is 16.3. The van der Waals surface area contributed by atoms with Gasteiger partial charge in [0.2, 0.25) is 0 Å². The quantitative estimate of drug-likeness (QED) is 0.787. The molecule has 1 aromatic carbocycles. The lowest BCUT2D eigenvalue weighted by Gasteiger charge is -2.26. The van der Waals surface area contributed by atoms with E-state index in [2.05, 4.69) is 24.1 Å².